The van der Waals surface area contributed by atoms with Crippen molar-refractivity contribution in [3.8, 4) is 0 Å². The summed E-state index contributed by atoms with van der Waals surface area (Å²) in [5.74, 6) is -0.460. The third-order valence-electron chi connectivity index (χ3n) is 5.20. The number of halogens is 1. The summed E-state index contributed by atoms with van der Waals surface area (Å²) in [6.07, 6.45) is 3.57. The molecule has 1 amide bonds. The Balaban J connectivity index is 1.65. The van der Waals surface area contributed by atoms with Crippen LogP contribution in [-0.2, 0) is 10.0 Å². The Hall–Kier alpha value is -2.69. The molecule has 11 heteroatoms. The standard InChI is InChI=1S/C21H25ClN4O5S/c22-17-10-9-16(15-20(17)32(30,31)25-13-5-1-2-6-14-25)21(27)24-12-11-23-18-7-3-4-8-19(18)26(28)29/h3-4,7-10,15,23H,1-2,5-6,11-14H2,(H,24,27). The summed E-state index contributed by atoms with van der Waals surface area (Å²) >= 11 is 6.18. The number of nitrogens with one attached hydrogen (secondary N) is 2. The first-order valence-corrected chi connectivity index (χ1v) is 12.2. The number of nitro groups is 1. The van der Waals surface area contributed by atoms with Crippen molar-refractivity contribution in [2.24, 2.45) is 0 Å². The van der Waals surface area contributed by atoms with E-state index in [1.165, 1.54) is 28.6 Å². The molecule has 2 N–H and O–H groups in total. The second kappa shape index (κ2) is 10.8. The second-order valence-electron chi connectivity index (χ2n) is 7.42. The number of nitro benzene ring substituents is 1. The summed E-state index contributed by atoms with van der Waals surface area (Å²) in [7, 11) is -3.80. The molecule has 1 heterocycles. The van der Waals surface area contributed by atoms with E-state index >= 15 is 0 Å². The minimum absolute atomic E-state index is 0.0557. The summed E-state index contributed by atoms with van der Waals surface area (Å²) in [4.78, 5) is 23.0. The molecule has 0 radical (unpaired) electrons. The molecule has 1 fully saturated rings. The highest BCUT2D eigenvalue weighted by Gasteiger charge is 2.28. The van der Waals surface area contributed by atoms with Gasteiger partial charge in [-0.05, 0) is 37.1 Å². The van der Waals surface area contributed by atoms with Gasteiger partial charge in [0.25, 0.3) is 11.6 Å². The van der Waals surface area contributed by atoms with Gasteiger partial charge in [-0.1, -0.05) is 36.6 Å². The zero-order valence-corrected chi connectivity index (χ0v) is 19.0. The summed E-state index contributed by atoms with van der Waals surface area (Å²) in [6, 6.07) is 10.4. The molecule has 1 saturated heterocycles. The van der Waals surface area contributed by atoms with E-state index in [1.807, 2.05) is 0 Å². The Kier molecular flexibility index (Phi) is 8.05. The molecule has 2 aromatic rings. The molecule has 0 aliphatic carbocycles. The van der Waals surface area contributed by atoms with E-state index in [2.05, 4.69) is 10.6 Å². The molecular weight excluding hydrogens is 456 g/mol. The van der Waals surface area contributed by atoms with Crippen molar-refractivity contribution in [1.29, 1.82) is 0 Å². The van der Waals surface area contributed by atoms with Gasteiger partial charge >= 0.3 is 0 Å². The lowest BCUT2D eigenvalue weighted by Crippen LogP contribution is -2.33. The van der Waals surface area contributed by atoms with Gasteiger partial charge in [-0.15, -0.1) is 0 Å². The highest BCUT2D eigenvalue weighted by atomic mass is 35.5. The molecule has 0 unspecified atom stereocenters. The smallest absolute Gasteiger partial charge is 0.292 e. The van der Waals surface area contributed by atoms with Gasteiger partial charge in [-0.3, -0.25) is 14.9 Å². The maximum atomic E-state index is 13.1. The largest absolute Gasteiger partial charge is 0.378 e. The summed E-state index contributed by atoms with van der Waals surface area (Å²) in [5, 5.41) is 16.7. The minimum atomic E-state index is -3.80. The van der Waals surface area contributed by atoms with Crippen LogP contribution in [0, 0.1) is 10.1 Å². The van der Waals surface area contributed by atoms with Crippen LogP contribution in [0.2, 0.25) is 5.02 Å². The summed E-state index contributed by atoms with van der Waals surface area (Å²) < 4.78 is 27.6. The average molecular weight is 481 g/mol. The third-order valence-corrected chi connectivity index (χ3v) is 7.58. The minimum Gasteiger partial charge on any atom is -0.378 e. The van der Waals surface area contributed by atoms with Gasteiger partial charge in [0.05, 0.1) is 9.95 Å². The van der Waals surface area contributed by atoms with Crippen molar-refractivity contribution in [2.45, 2.75) is 30.6 Å². The van der Waals surface area contributed by atoms with Crippen LogP contribution in [0.25, 0.3) is 0 Å². The predicted octanol–water partition coefficient (Wildman–Crippen LogP) is 3.65. The van der Waals surface area contributed by atoms with Gasteiger partial charge in [-0.2, -0.15) is 4.31 Å². The van der Waals surface area contributed by atoms with E-state index in [9.17, 15) is 23.3 Å². The van der Waals surface area contributed by atoms with Crippen LogP contribution in [0.5, 0.6) is 0 Å². The zero-order valence-electron chi connectivity index (χ0n) is 17.4. The number of carbonyl (C=O) groups is 1. The monoisotopic (exact) mass is 480 g/mol. The number of benzene rings is 2. The molecule has 9 nitrogen and oxygen atoms in total. The van der Waals surface area contributed by atoms with Crippen LogP contribution < -0.4 is 10.6 Å². The molecule has 172 valence electrons. The number of carbonyl (C=O) groups excluding carboxylic acids is 1. The van der Waals surface area contributed by atoms with Gasteiger partial charge in [0.15, 0.2) is 0 Å². The molecule has 1 aliphatic rings. The Morgan fingerprint density at radius 3 is 2.44 bits per heavy atom. The van der Waals surface area contributed by atoms with E-state index in [1.54, 1.807) is 18.2 Å². The van der Waals surface area contributed by atoms with Crippen molar-refractivity contribution in [3.05, 3.63) is 63.2 Å². The number of nitrogens with zero attached hydrogens (tertiary/aromatic N) is 2. The SMILES string of the molecule is O=C(NCCNc1ccccc1[N+](=O)[O-])c1ccc(Cl)c(S(=O)(=O)N2CCCCCC2)c1. The molecule has 3 rings (SSSR count). The highest BCUT2D eigenvalue weighted by Crippen LogP contribution is 2.28. The van der Waals surface area contributed by atoms with Gasteiger partial charge in [-0.25, -0.2) is 8.42 Å². The maximum absolute atomic E-state index is 13.1. The fourth-order valence-electron chi connectivity index (χ4n) is 3.52. The quantitative estimate of drug-likeness (QED) is 0.338. The number of hydrogen-bond donors (Lipinski definition) is 2. The first-order chi connectivity index (χ1) is 15.3. The fraction of sp³-hybridized carbons (Fsp3) is 0.381. The van der Waals surface area contributed by atoms with Crippen molar-refractivity contribution in [1.82, 2.24) is 9.62 Å². The molecule has 0 aromatic heterocycles. The van der Waals surface area contributed by atoms with Crippen LogP contribution in [0.3, 0.4) is 0 Å². The molecule has 32 heavy (non-hydrogen) atoms. The van der Waals surface area contributed by atoms with Crippen molar-refractivity contribution >= 4 is 38.9 Å². The number of amides is 1. The first kappa shape index (κ1) is 24.0. The Morgan fingerprint density at radius 1 is 1.06 bits per heavy atom. The lowest BCUT2D eigenvalue weighted by Gasteiger charge is -2.21. The van der Waals surface area contributed by atoms with Gasteiger partial charge in [0.2, 0.25) is 10.0 Å². The Morgan fingerprint density at radius 2 is 1.75 bits per heavy atom. The topological polar surface area (TPSA) is 122 Å². The number of para-hydroxylation sites is 2. The van der Waals surface area contributed by atoms with Crippen molar-refractivity contribution in [2.75, 3.05) is 31.5 Å². The number of anilines is 1. The Bertz CT molecular complexity index is 1090. The molecule has 1 aliphatic heterocycles. The number of hydrogen-bond acceptors (Lipinski definition) is 6. The fourth-order valence-corrected chi connectivity index (χ4v) is 5.54. The lowest BCUT2D eigenvalue weighted by atomic mass is 10.2. The first-order valence-electron chi connectivity index (χ1n) is 10.4. The van der Waals surface area contributed by atoms with Crippen molar-refractivity contribution in [3.63, 3.8) is 0 Å². The van der Waals surface area contributed by atoms with E-state index in [-0.39, 0.29) is 34.3 Å². The van der Waals surface area contributed by atoms with Crippen LogP contribution in [0.15, 0.2) is 47.4 Å². The van der Waals surface area contributed by atoms with Crippen molar-refractivity contribution < 1.29 is 18.1 Å². The average Bonchev–Trinajstić information content (AvgIpc) is 3.07. The van der Waals surface area contributed by atoms with E-state index in [0.29, 0.717) is 18.8 Å². The molecule has 0 saturated carbocycles. The van der Waals surface area contributed by atoms with Crippen LogP contribution >= 0.6 is 11.6 Å². The van der Waals surface area contributed by atoms with E-state index in [0.717, 1.165) is 25.7 Å². The predicted molar refractivity (Wildman–Crippen MR) is 123 cm³/mol. The lowest BCUT2D eigenvalue weighted by molar-refractivity contribution is -0.384. The van der Waals surface area contributed by atoms with Gasteiger partial charge in [0, 0.05) is 37.8 Å². The normalized spacial score (nSPS) is 15.0. The van der Waals surface area contributed by atoms with Gasteiger partial charge < -0.3 is 10.6 Å². The van der Waals surface area contributed by atoms with E-state index < -0.39 is 20.9 Å². The maximum Gasteiger partial charge on any atom is 0.292 e. The molecular formula is C21H25ClN4O5S. The highest BCUT2D eigenvalue weighted by molar-refractivity contribution is 7.89. The number of rotatable bonds is 8. The molecule has 0 spiro atoms. The third kappa shape index (κ3) is 5.76. The van der Waals surface area contributed by atoms with Crippen LogP contribution in [-0.4, -0.2) is 49.7 Å². The molecule has 2 aromatic carbocycles. The van der Waals surface area contributed by atoms with Gasteiger partial charge in [0.1, 0.15) is 10.6 Å². The Labute approximate surface area is 192 Å². The zero-order chi connectivity index (χ0) is 23.1. The number of sulfonamides is 1. The van der Waals surface area contributed by atoms with Crippen LogP contribution in [0.1, 0.15) is 36.0 Å². The summed E-state index contributed by atoms with van der Waals surface area (Å²) in [5.41, 5.74) is 0.470. The van der Waals surface area contributed by atoms with Crippen LogP contribution in [0.4, 0.5) is 11.4 Å². The second-order valence-corrected chi connectivity index (χ2v) is 9.73. The molecule has 0 atom stereocenters. The van der Waals surface area contributed by atoms with E-state index in [4.69, 9.17) is 11.6 Å². The molecule has 0 bridgehead atoms. The summed E-state index contributed by atoms with van der Waals surface area (Å²) in [6.45, 7) is 1.31.